The van der Waals surface area contributed by atoms with E-state index in [-0.39, 0.29) is 0 Å². The van der Waals surface area contributed by atoms with Gasteiger partial charge in [-0.3, -0.25) is 4.90 Å². The van der Waals surface area contributed by atoms with E-state index in [4.69, 9.17) is 5.26 Å². The van der Waals surface area contributed by atoms with Crippen molar-refractivity contribution in [2.45, 2.75) is 32.7 Å². The molecule has 0 aromatic heterocycles. The van der Waals surface area contributed by atoms with E-state index in [9.17, 15) is 0 Å². The maximum Gasteiger partial charge on any atom is 0.0995 e. The molecule has 0 saturated carbocycles. The van der Waals surface area contributed by atoms with Gasteiger partial charge in [0.05, 0.1) is 11.6 Å². The number of rotatable bonds is 2. The lowest BCUT2D eigenvalue weighted by molar-refractivity contribution is 0.273. The molecular formula is C15H20N2. The first-order valence-electron chi connectivity index (χ1n) is 6.50. The minimum Gasteiger partial charge on any atom is -0.299 e. The van der Waals surface area contributed by atoms with Crippen LogP contribution in [0.25, 0.3) is 0 Å². The van der Waals surface area contributed by atoms with Crippen molar-refractivity contribution >= 4 is 0 Å². The Morgan fingerprint density at radius 1 is 1.29 bits per heavy atom. The lowest BCUT2D eigenvalue weighted by Crippen LogP contribution is -2.24. The van der Waals surface area contributed by atoms with Crippen LogP contribution in [0.2, 0.25) is 0 Å². The van der Waals surface area contributed by atoms with Gasteiger partial charge in [0.2, 0.25) is 0 Å². The van der Waals surface area contributed by atoms with E-state index in [1.165, 1.54) is 37.9 Å². The Morgan fingerprint density at radius 2 is 2.12 bits per heavy atom. The van der Waals surface area contributed by atoms with E-state index in [0.29, 0.717) is 0 Å². The Balaban J connectivity index is 2.03. The van der Waals surface area contributed by atoms with Crippen molar-refractivity contribution in [1.82, 2.24) is 4.90 Å². The summed E-state index contributed by atoms with van der Waals surface area (Å²) in [6.07, 6.45) is 3.92. The number of likely N-dealkylation sites (tertiary alicyclic amines) is 1. The van der Waals surface area contributed by atoms with Crippen LogP contribution in [0.3, 0.4) is 0 Å². The molecule has 2 heteroatoms. The highest BCUT2D eigenvalue weighted by atomic mass is 15.1. The standard InChI is InChI=1S/C15H20N2/c1-13-5-4-9-17(10-8-13)12-15-7-3-2-6-14(15)11-16/h2-3,6-7,13H,4-5,8-10,12H2,1H3. The fraction of sp³-hybridized carbons (Fsp3) is 0.533. The van der Waals surface area contributed by atoms with Gasteiger partial charge in [-0.2, -0.15) is 5.26 Å². The van der Waals surface area contributed by atoms with Crippen LogP contribution in [0.1, 0.15) is 37.3 Å². The highest BCUT2D eigenvalue weighted by molar-refractivity contribution is 5.37. The highest BCUT2D eigenvalue weighted by Crippen LogP contribution is 2.19. The smallest absolute Gasteiger partial charge is 0.0995 e. The maximum atomic E-state index is 9.08. The summed E-state index contributed by atoms with van der Waals surface area (Å²) in [5, 5.41) is 9.08. The Labute approximate surface area is 104 Å². The minimum absolute atomic E-state index is 0.824. The molecule has 0 aliphatic carbocycles. The van der Waals surface area contributed by atoms with Crippen LogP contribution in [-0.4, -0.2) is 18.0 Å². The average Bonchev–Trinajstić information content (AvgIpc) is 2.55. The molecule has 0 spiro atoms. The molecule has 0 radical (unpaired) electrons. The molecule has 1 unspecified atom stereocenters. The van der Waals surface area contributed by atoms with E-state index < -0.39 is 0 Å². The molecule has 1 aliphatic rings. The third-order valence-corrected chi connectivity index (χ3v) is 3.64. The monoisotopic (exact) mass is 228 g/mol. The summed E-state index contributed by atoms with van der Waals surface area (Å²) in [7, 11) is 0. The summed E-state index contributed by atoms with van der Waals surface area (Å²) in [4.78, 5) is 2.49. The predicted octanol–water partition coefficient (Wildman–Crippen LogP) is 3.18. The SMILES string of the molecule is CC1CCCN(Cc2ccccc2C#N)CC1. The van der Waals surface area contributed by atoms with Gasteiger partial charge in [-0.15, -0.1) is 0 Å². The second-order valence-electron chi connectivity index (χ2n) is 5.08. The molecular weight excluding hydrogens is 208 g/mol. The molecule has 17 heavy (non-hydrogen) atoms. The first-order chi connectivity index (χ1) is 8.29. The van der Waals surface area contributed by atoms with E-state index >= 15 is 0 Å². The zero-order valence-electron chi connectivity index (χ0n) is 10.5. The van der Waals surface area contributed by atoms with Gasteiger partial charge >= 0.3 is 0 Å². The van der Waals surface area contributed by atoms with Crippen molar-refractivity contribution in [3.63, 3.8) is 0 Å². The van der Waals surface area contributed by atoms with Gasteiger partial charge in [0.1, 0.15) is 0 Å². The summed E-state index contributed by atoms with van der Waals surface area (Å²) in [5.41, 5.74) is 1.99. The lowest BCUT2D eigenvalue weighted by atomic mass is 10.0. The van der Waals surface area contributed by atoms with Crippen molar-refractivity contribution < 1.29 is 0 Å². The minimum atomic E-state index is 0.824. The van der Waals surface area contributed by atoms with Crippen molar-refractivity contribution in [1.29, 1.82) is 5.26 Å². The first-order valence-corrected chi connectivity index (χ1v) is 6.50. The van der Waals surface area contributed by atoms with Gasteiger partial charge in [0.25, 0.3) is 0 Å². The summed E-state index contributed by atoms with van der Waals surface area (Å²) < 4.78 is 0. The second-order valence-corrected chi connectivity index (χ2v) is 5.08. The highest BCUT2D eigenvalue weighted by Gasteiger charge is 2.14. The molecule has 1 aromatic carbocycles. The van der Waals surface area contributed by atoms with Crippen molar-refractivity contribution in [3.8, 4) is 6.07 Å². The van der Waals surface area contributed by atoms with E-state index in [1.807, 2.05) is 18.2 Å². The lowest BCUT2D eigenvalue weighted by Gasteiger charge is -2.20. The molecule has 1 aliphatic heterocycles. The van der Waals surface area contributed by atoms with Gasteiger partial charge in [0.15, 0.2) is 0 Å². The Hall–Kier alpha value is -1.33. The average molecular weight is 228 g/mol. The molecule has 0 amide bonds. The largest absolute Gasteiger partial charge is 0.299 e. The molecule has 1 aromatic rings. The number of nitrogens with zero attached hydrogens (tertiary/aromatic N) is 2. The van der Waals surface area contributed by atoms with E-state index in [0.717, 1.165) is 18.0 Å². The van der Waals surface area contributed by atoms with E-state index in [2.05, 4.69) is 24.0 Å². The zero-order valence-corrected chi connectivity index (χ0v) is 10.5. The Kier molecular flexibility index (Phi) is 4.17. The second kappa shape index (κ2) is 5.84. The van der Waals surface area contributed by atoms with Crippen molar-refractivity contribution in [2.75, 3.05) is 13.1 Å². The first kappa shape index (κ1) is 12.1. The van der Waals surface area contributed by atoms with Gasteiger partial charge in [-0.25, -0.2) is 0 Å². The van der Waals surface area contributed by atoms with Crippen molar-refractivity contribution in [2.24, 2.45) is 5.92 Å². The molecule has 1 fully saturated rings. The van der Waals surface area contributed by atoms with Crippen LogP contribution in [0.5, 0.6) is 0 Å². The zero-order chi connectivity index (χ0) is 12.1. The number of hydrogen-bond acceptors (Lipinski definition) is 2. The third kappa shape index (κ3) is 3.31. The van der Waals surface area contributed by atoms with Crippen LogP contribution >= 0.6 is 0 Å². The third-order valence-electron chi connectivity index (χ3n) is 3.64. The van der Waals surface area contributed by atoms with Gasteiger partial charge in [-0.05, 0) is 49.9 Å². The van der Waals surface area contributed by atoms with Crippen LogP contribution in [0.15, 0.2) is 24.3 Å². The van der Waals surface area contributed by atoms with Gasteiger partial charge in [-0.1, -0.05) is 25.1 Å². The Morgan fingerprint density at radius 3 is 2.94 bits per heavy atom. The molecule has 1 heterocycles. The quantitative estimate of drug-likeness (QED) is 0.777. The molecule has 0 bridgehead atoms. The molecule has 2 nitrogen and oxygen atoms in total. The van der Waals surface area contributed by atoms with Crippen LogP contribution < -0.4 is 0 Å². The van der Waals surface area contributed by atoms with Crippen LogP contribution in [0, 0.1) is 17.2 Å². The van der Waals surface area contributed by atoms with Gasteiger partial charge < -0.3 is 0 Å². The van der Waals surface area contributed by atoms with Crippen LogP contribution in [-0.2, 0) is 6.54 Å². The number of nitriles is 1. The maximum absolute atomic E-state index is 9.08. The number of benzene rings is 1. The van der Waals surface area contributed by atoms with E-state index in [1.54, 1.807) is 0 Å². The van der Waals surface area contributed by atoms with Crippen molar-refractivity contribution in [3.05, 3.63) is 35.4 Å². The topological polar surface area (TPSA) is 27.0 Å². The molecule has 0 N–H and O–H groups in total. The summed E-state index contributed by atoms with van der Waals surface area (Å²) in [6, 6.07) is 10.2. The molecule has 1 atom stereocenters. The summed E-state index contributed by atoms with van der Waals surface area (Å²) in [5.74, 6) is 0.853. The summed E-state index contributed by atoms with van der Waals surface area (Å²) in [6.45, 7) is 5.61. The fourth-order valence-corrected chi connectivity index (χ4v) is 2.49. The normalized spacial score (nSPS) is 21.8. The number of hydrogen-bond donors (Lipinski definition) is 0. The molecule has 2 rings (SSSR count). The molecule has 1 saturated heterocycles. The molecule has 90 valence electrons. The fourth-order valence-electron chi connectivity index (χ4n) is 2.49. The summed E-state index contributed by atoms with van der Waals surface area (Å²) >= 11 is 0. The van der Waals surface area contributed by atoms with Crippen LogP contribution in [0.4, 0.5) is 0 Å². The van der Waals surface area contributed by atoms with Gasteiger partial charge in [0, 0.05) is 6.54 Å². The predicted molar refractivity (Wildman–Crippen MR) is 69.4 cm³/mol. The Bertz CT molecular complexity index is 406.